The van der Waals surface area contributed by atoms with E-state index in [2.05, 4.69) is 36.4 Å². The van der Waals surface area contributed by atoms with E-state index >= 15 is 0 Å². The molecule has 2 aromatic rings. The van der Waals surface area contributed by atoms with Crippen molar-refractivity contribution in [3.8, 4) is 0 Å². The minimum Gasteiger partial charge on any atom is -0.397 e. The van der Waals surface area contributed by atoms with Crippen LogP contribution in [-0.2, 0) is 6.42 Å². The number of rotatable bonds is 4. The second kappa shape index (κ2) is 4.98. The van der Waals surface area contributed by atoms with E-state index in [0.717, 1.165) is 34.6 Å². The number of benzene rings is 1. The summed E-state index contributed by atoms with van der Waals surface area (Å²) in [5.41, 5.74) is 7.49. The van der Waals surface area contributed by atoms with Crippen molar-refractivity contribution in [2.75, 3.05) is 17.6 Å². The molecule has 6 heteroatoms. The first kappa shape index (κ1) is 10.9. The Morgan fingerprint density at radius 3 is 3.06 bits per heavy atom. The second-order valence-corrected chi connectivity index (χ2v) is 4.26. The van der Waals surface area contributed by atoms with E-state index in [9.17, 15) is 0 Å². The predicted octanol–water partition coefficient (Wildman–Crippen LogP) is 1.80. The van der Waals surface area contributed by atoms with Crippen LogP contribution >= 0.6 is 15.9 Å². The van der Waals surface area contributed by atoms with Crippen LogP contribution in [0.2, 0.25) is 0 Å². The van der Waals surface area contributed by atoms with Crippen molar-refractivity contribution < 1.29 is 0 Å². The summed E-state index contributed by atoms with van der Waals surface area (Å²) in [4.78, 5) is 4.04. The van der Waals surface area contributed by atoms with Gasteiger partial charge in [0.1, 0.15) is 12.2 Å². The Labute approximate surface area is 102 Å². The molecule has 84 valence electrons. The van der Waals surface area contributed by atoms with Crippen LogP contribution in [-0.4, -0.2) is 21.7 Å². The van der Waals surface area contributed by atoms with E-state index in [1.807, 2.05) is 18.2 Å². The molecule has 4 N–H and O–H groups in total. The van der Waals surface area contributed by atoms with Gasteiger partial charge >= 0.3 is 0 Å². The summed E-state index contributed by atoms with van der Waals surface area (Å²) in [7, 11) is 0. The number of aromatic nitrogens is 3. The van der Waals surface area contributed by atoms with E-state index in [0.29, 0.717) is 0 Å². The fourth-order valence-electron chi connectivity index (χ4n) is 1.35. The number of nitrogen functional groups attached to an aromatic ring is 1. The molecular weight excluding hydrogens is 270 g/mol. The van der Waals surface area contributed by atoms with Crippen LogP contribution in [0.4, 0.5) is 11.4 Å². The smallest absolute Gasteiger partial charge is 0.137 e. The van der Waals surface area contributed by atoms with Crippen molar-refractivity contribution in [1.29, 1.82) is 0 Å². The number of nitrogens with one attached hydrogen (secondary N) is 2. The molecule has 0 saturated heterocycles. The fraction of sp³-hybridized carbons (Fsp3) is 0.200. The van der Waals surface area contributed by atoms with Gasteiger partial charge < -0.3 is 11.1 Å². The minimum absolute atomic E-state index is 0.737. The van der Waals surface area contributed by atoms with Crippen molar-refractivity contribution in [3.05, 3.63) is 34.8 Å². The third kappa shape index (κ3) is 2.73. The first-order valence-corrected chi connectivity index (χ1v) is 5.68. The van der Waals surface area contributed by atoms with Crippen molar-refractivity contribution in [2.24, 2.45) is 0 Å². The van der Waals surface area contributed by atoms with Gasteiger partial charge in [0.25, 0.3) is 0 Å². The average molecular weight is 282 g/mol. The highest BCUT2D eigenvalue weighted by molar-refractivity contribution is 9.10. The van der Waals surface area contributed by atoms with Gasteiger partial charge in [0.2, 0.25) is 0 Å². The molecular formula is C10H12BrN5. The van der Waals surface area contributed by atoms with Gasteiger partial charge in [-0.15, -0.1) is 0 Å². The topological polar surface area (TPSA) is 79.6 Å². The Hall–Kier alpha value is -1.56. The van der Waals surface area contributed by atoms with E-state index in [4.69, 9.17) is 5.73 Å². The Morgan fingerprint density at radius 1 is 1.44 bits per heavy atom. The largest absolute Gasteiger partial charge is 0.397 e. The first-order chi connectivity index (χ1) is 7.75. The molecule has 0 bridgehead atoms. The van der Waals surface area contributed by atoms with Crippen molar-refractivity contribution in [3.63, 3.8) is 0 Å². The number of H-pyrrole nitrogens is 1. The molecule has 0 amide bonds. The molecule has 5 nitrogen and oxygen atoms in total. The van der Waals surface area contributed by atoms with Gasteiger partial charge in [0.15, 0.2) is 0 Å². The zero-order valence-corrected chi connectivity index (χ0v) is 10.2. The lowest BCUT2D eigenvalue weighted by molar-refractivity contribution is 0.901. The van der Waals surface area contributed by atoms with E-state index in [1.54, 1.807) is 0 Å². The molecule has 0 spiro atoms. The number of nitrogens with two attached hydrogens (primary N) is 1. The average Bonchev–Trinajstić information content (AvgIpc) is 2.76. The third-order valence-corrected chi connectivity index (χ3v) is 2.65. The van der Waals surface area contributed by atoms with Crippen LogP contribution in [0, 0.1) is 0 Å². The molecule has 0 radical (unpaired) electrons. The van der Waals surface area contributed by atoms with Crippen molar-refractivity contribution in [2.45, 2.75) is 6.42 Å². The highest BCUT2D eigenvalue weighted by Crippen LogP contribution is 2.22. The predicted molar refractivity (Wildman–Crippen MR) is 67.1 cm³/mol. The number of anilines is 2. The highest BCUT2D eigenvalue weighted by atomic mass is 79.9. The van der Waals surface area contributed by atoms with Crippen LogP contribution in [0.1, 0.15) is 5.82 Å². The molecule has 0 aliphatic heterocycles. The van der Waals surface area contributed by atoms with Gasteiger partial charge in [-0.3, -0.25) is 5.10 Å². The summed E-state index contributed by atoms with van der Waals surface area (Å²) in [5, 5.41) is 9.84. The summed E-state index contributed by atoms with van der Waals surface area (Å²) >= 11 is 3.40. The number of halogens is 1. The normalized spacial score (nSPS) is 10.3. The molecule has 1 heterocycles. The van der Waals surface area contributed by atoms with E-state index in [1.165, 1.54) is 6.33 Å². The van der Waals surface area contributed by atoms with Crippen LogP contribution in [0.25, 0.3) is 0 Å². The highest BCUT2D eigenvalue weighted by Gasteiger charge is 2.00. The molecule has 0 fully saturated rings. The van der Waals surface area contributed by atoms with E-state index in [-0.39, 0.29) is 0 Å². The summed E-state index contributed by atoms with van der Waals surface area (Å²) < 4.78 is 1.00. The molecule has 0 atom stereocenters. The van der Waals surface area contributed by atoms with Crippen molar-refractivity contribution in [1.82, 2.24) is 15.2 Å². The maximum Gasteiger partial charge on any atom is 0.137 e. The van der Waals surface area contributed by atoms with Gasteiger partial charge in [0.05, 0.1) is 11.4 Å². The summed E-state index contributed by atoms with van der Waals surface area (Å²) in [6.07, 6.45) is 2.29. The van der Waals surface area contributed by atoms with Crippen LogP contribution in [0.3, 0.4) is 0 Å². The lowest BCUT2D eigenvalue weighted by atomic mass is 10.2. The van der Waals surface area contributed by atoms with Gasteiger partial charge in [-0.1, -0.05) is 15.9 Å². The lowest BCUT2D eigenvalue weighted by Crippen LogP contribution is -2.07. The monoisotopic (exact) mass is 281 g/mol. The number of aromatic amines is 1. The standard InChI is InChI=1S/C10H12BrN5/c11-7-1-2-8(12)9(5-7)13-4-3-10-14-6-15-16-10/h1-2,5-6,13H,3-4,12H2,(H,14,15,16). The summed E-state index contributed by atoms with van der Waals surface area (Å²) in [5.74, 6) is 0.862. The second-order valence-electron chi connectivity index (χ2n) is 3.34. The lowest BCUT2D eigenvalue weighted by Gasteiger charge is -2.08. The Balaban J connectivity index is 1.92. The quantitative estimate of drug-likeness (QED) is 0.747. The third-order valence-electron chi connectivity index (χ3n) is 2.16. The SMILES string of the molecule is Nc1ccc(Br)cc1NCCc1ncn[nH]1. The summed E-state index contributed by atoms with van der Waals surface area (Å²) in [6, 6.07) is 5.73. The molecule has 16 heavy (non-hydrogen) atoms. The molecule has 0 aliphatic carbocycles. The zero-order chi connectivity index (χ0) is 11.4. The Morgan fingerprint density at radius 2 is 2.31 bits per heavy atom. The number of hydrogen-bond donors (Lipinski definition) is 3. The van der Waals surface area contributed by atoms with Gasteiger partial charge in [-0.2, -0.15) is 5.10 Å². The number of nitrogens with zero attached hydrogens (tertiary/aromatic N) is 2. The Bertz CT molecular complexity index is 454. The van der Waals surface area contributed by atoms with Gasteiger partial charge in [-0.05, 0) is 18.2 Å². The maximum absolute atomic E-state index is 5.83. The molecule has 1 aromatic heterocycles. The summed E-state index contributed by atoms with van der Waals surface area (Å²) in [6.45, 7) is 0.760. The fourth-order valence-corrected chi connectivity index (χ4v) is 1.71. The van der Waals surface area contributed by atoms with Gasteiger partial charge in [-0.25, -0.2) is 4.98 Å². The molecule has 2 rings (SSSR count). The van der Waals surface area contributed by atoms with Crippen LogP contribution in [0.15, 0.2) is 29.0 Å². The van der Waals surface area contributed by atoms with Gasteiger partial charge in [0, 0.05) is 17.4 Å². The minimum atomic E-state index is 0.737. The first-order valence-electron chi connectivity index (χ1n) is 4.89. The maximum atomic E-state index is 5.83. The van der Waals surface area contributed by atoms with Crippen LogP contribution < -0.4 is 11.1 Å². The van der Waals surface area contributed by atoms with Crippen LogP contribution in [0.5, 0.6) is 0 Å². The Kier molecular flexibility index (Phi) is 3.40. The zero-order valence-electron chi connectivity index (χ0n) is 8.57. The molecule has 1 aromatic carbocycles. The van der Waals surface area contributed by atoms with E-state index < -0.39 is 0 Å². The molecule has 0 unspecified atom stereocenters. The molecule has 0 aliphatic rings. The molecule has 0 saturated carbocycles. The number of hydrogen-bond acceptors (Lipinski definition) is 4. The van der Waals surface area contributed by atoms with Crippen molar-refractivity contribution >= 4 is 27.3 Å².